The Hall–Kier alpha value is -1.26. The fraction of sp³-hybridized carbons (Fsp3) is 0.882. The highest BCUT2D eigenvalue weighted by molar-refractivity contribution is 5.86. The third kappa shape index (κ3) is 4.62. The average Bonchev–Trinajstić information content (AvgIpc) is 3.05. The van der Waals surface area contributed by atoms with E-state index in [1.165, 1.54) is 38.5 Å². The summed E-state index contributed by atoms with van der Waals surface area (Å²) in [7, 11) is 1.77. The van der Waals surface area contributed by atoms with Crippen molar-refractivity contribution in [3.8, 4) is 0 Å². The van der Waals surface area contributed by atoms with Crippen LogP contribution in [0, 0.1) is 5.41 Å². The van der Waals surface area contributed by atoms with Crippen molar-refractivity contribution in [3.05, 3.63) is 0 Å². The summed E-state index contributed by atoms with van der Waals surface area (Å²) in [5.41, 5.74) is 0.425. The van der Waals surface area contributed by atoms with Gasteiger partial charge in [-0.3, -0.25) is 9.79 Å². The molecule has 5 heteroatoms. The molecule has 0 bridgehead atoms. The standard InChI is InChI=1S/C17H32N4O/c1-3-17(9-5-6-10-17)14-20-16(18-2)19-13-15(22)21-11-7-4-8-12-21/h3-14H2,1-2H3,(H2,18,19,20). The number of hydrogen-bond acceptors (Lipinski definition) is 2. The highest BCUT2D eigenvalue weighted by Crippen LogP contribution is 2.40. The van der Waals surface area contributed by atoms with Crippen LogP contribution in [0.4, 0.5) is 0 Å². The summed E-state index contributed by atoms with van der Waals surface area (Å²) < 4.78 is 0. The molecule has 1 saturated carbocycles. The van der Waals surface area contributed by atoms with Crippen molar-refractivity contribution < 1.29 is 4.79 Å². The molecule has 1 saturated heterocycles. The van der Waals surface area contributed by atoms with E-state index in [1.54, 1.807) is 7.05 Å². The van der Waals surface area contributed by atoms with Gasteiger partial charge in [0.15, 0.2) is 5.96 Å². The largest absolute Gasteiger partial charge is 0.356 e. The number of carbonyl (C=O) groups excluding carboxylic acids is 1. The molecule has 1 aliphatic carbocycles. The molecule has 0 atom stereocenters. The number of guanidine groups is 1. The van der Waals surface area contributed by atoms with E-state index in [1.807, 2.05) is 4.90 Å². The van der Waals surface area contributed by atoms with Crippen LogP contribution in [0.1, 0.15) is 58.3 Å². The number of hydrogen-bond donors (Lipinski definition) is 2. The van der Waals surface area contributed by atoms with E-state index in [9.17, 15) is 4.79 Å². The Balaban J connectivity index is 1.74. The van der Waals surface area contributed by atoms with Crippen LogP contribution in [0.3, 0.4) is 0 Å². The van der Waals surface area contributed by atoms with Gasteiger partial charge in [-0.2, -0.15) is 0 Å². The van der Waals surface area contributed by atoms with Crippen molar-refractivity contribution in [2.75, 3.05) is 33.2 Å². The Labute approximate surface area is 134 Å². The summed E-state index contributed by atoms with van der Waals surface area (Å²) in [5, 5.41) is 6.61. The molecule has 126 valence electrons. The van der Waals surface area contributed by atoms with Crippen molar-refractivity contribution in [3.63, 3.8) is 0 Å². The van der Waals surface area contributed by atoms with Gasteiger partial charge in [-0.05, 0) is 43.9 Å². The molecule has 0 unspecified atom stereocenters. The van der Waals surface area contributed by atoms with Crippen molar-refractivity contribution >= 4 is 11.9 Å². The van der Waals surface area contributed by atoms with Crippen LogP contribution in [-0.2, 0) is 4.79 Å². The monoisotopic (exact) mass is 308 g/mol. The molecular formula is C17H32N4O. The fourth-order valence-electron chi connectivity index (χ4n) is 3.69. The maximum atomic E-state index is 12.2. The first kappa shape index (κ1) is 17.1. The van der Waals surface area contributed by atoms with Crippen molar-refractivity contribution in [2.24, 2.45) is 10.4 Å². The number of aliphatic imine (C=N–C) groups is 1. The van der Waals surface area contributed by atoms with Crippen LogP contribution in [-0.4, -0.2) is 50.0 Å². The normalized spacial score (nSPS) is 21.7. The molecule has 1 aliphatic heterocycles. The third-order valence-electron chi connectivity index (χ3n) is 5.38. The SMILES string of the molecule is CCC1(CNC(=NC)NCC(=O)N2CCCCC2)CCCC1. The van der Waals surface area contributed by atoms with Gasteiger partial charge in [-0.25, -0.2) is 0 Å². The van der Waals surface area contributed by atoms with Crippen molar-refractivity contribution in [1.82, 2.24) is 15.5 Å². The first-order valence-electron chi connectivity index (χ1n) is 8.91. The highest BCUT2D eigenvalue weighted by atomic mass is 16.2. The van der Waals surface area contributed by atoms with Gasteiger partial charge in [0.1, 0.15) is 0 Å². The molecule has 2 N–H and O–H groups in total. The summed E-state index contributed by atoms with van der Waals surface area (Å²) in [4.78, 5) is 18.4. The van der Waals surface area contributed by atoms with E-state index in [4.69, 9.17) is 0 Å². The predicted octanol–water partition coefficient (Wildman–Crippen LogP) is 2.13. The second-order valence-electron chi connectivity index (χ2n) is 6.78. The maximum Gasteiger partial charge on any atom is 0.241 e. The van der Waals surface area contributed by atoms with Gasteiger partial charge in [0.05, 0.1) is 6.54 Å². The highest BCUT2D eigenvalue weighted by Gasteiger charge is 2.31. The lowest BCUT2D eigenvalue weighted by Gasteiger charge is -2.29. The molecule has 1 heterocycles. The number of nitrogens with zero attached hydrogens (tertiary/aromatic N) is 2. The molecule has 0 aromatic carbocycles. The molecule has 0 radical (unpaired) electrons. The molecule has 0 spiro atoms. The quantitative estimate of drug-likeness (QED) is 0.604. The number of carbonyl (C=O) groups is 1. The first-order chi connectivity index (χ1) is 10.7. The lowest BCUT2D eigenvalue weighted by molar-refractivity contribution is -0.130. The summed E-state index contributed by atoms with van der Waals surface area (Å²) in [6, 6.07) is 0. The predicted molar refractivity (Wildman–Crippen MR) is 91.0 cm³/mol. The van der Waals surface area contributed by atoms with E-state index in [-0.39, 0.29) is 5.91 Å². The Morgan fingerprint density at radius 2 is 1.77 bits per heavy atom. The topological polar surface area (TPSA) is 56.7 Å². The van der Waals surface area contributed by atoms with Gasteiger partial charge in [-0.1, -0.05) is 19.8 Å². The van der Waals surface area contributed by atoms with Gasteiger partial charge in [0.25, 0.3) is 0 Å². The molecule has 22 heavy (non-hydrogen) atoms. The zero-order valence-corrected chi connectivity index (χ0v) is 14.3. The van der Waals surface area contributed by atoms with Crippen LogP contribution in [0.25, 0.3) is 0 Å². The Bertz CT molecular complexity index is 382. The minimum Gasteiger partial charge on any atom is -0.356 e. The van der Waals surface area contributed by atoms with E-state index in [0.717, 1.165) is 38.4 Å². The van der Waals surface area contributed by atoms with Gasteiger partial charge >= 0.3 is 0 Å². The summed E-state index contributed by atoms with van der Waals surface area (Å²) in [6.07, 6.45) is 10.0. The molecule has 2 fully saturated rings. The molecule has 0 aromatic rings. The van der Waals surface area contributed by atoms with Gasteiger partial charge in [0, 0.05) is 26.7 Å². The summed E-state index contributed by atoms with van der Waals surface area (Å²) in [5.74, 6) is 0.943. The number of nitrogens with one attached hydrogen (secondary N) is 2. The van der Waals surface area contributed by atoms with Crippen LogP contribution >= 0.6 is 0 Å². The average molecular weight is 308 g/mol. The van der Waals surface area contributed by atoms with E-state index in [0.29, 0.717) is 12.0 Å². The minimum atomic E-state index is 0.189. The Kier molecular flexibility index (Phi) is 6.52. The summed E-state index contributed by atoms with van der Waals surface area (Å²) in [6.45, 7) is 5.40. The molecule has 2 rings (SSSR count). The lowest BCUT2D eigenvalue weighted by atomic mass is 9.83. The lowest BCUT2D eigenvalue weighted by Crippen LogP contribution is -2.47. The smallest absolute Gasteiger partial charge is 0.241 e. The Morgan fingerprint density at radius 3 is 2.36 bits per heavy atom. The van der Waals surface area contributed by atoms with Gasteiger partial charge in [0.2, 0.25) is 5.91 Å². The van der Waals surface area contributed by atoms with Crippen molar-refractivity contribution in [2.45, 2.75) is 58.3 Å². The number of likely N-dealkylation sites (tertiary alicyclic amines) is 1. The molecule has 2 aliphatic rings. The van der Waals surface area contributed by atoms with Crippen LogP contribution in [0.5, 0.6) is 0 Å². The zero-order valence-electron chi connectivity index (χ0n) is 14.3. The van der Waals surface area contributed by atoms with Crippen LogP contribution in [0.15, 0.2) is 4.99 Å². The van der Waals surface area contributed by atoms with Gasteiger partial charge < -0.3 is 15.5 Å². The second kappa shape index (κ2) is 8.39. The van der Waals surface area contributed by atoms with E-state index >= 15 is 0 Å². The second-order valence-corrected chi connectivity index (χ2v) is 6.78. The Morgan fingerprint density at radius 1 is 1.09 bits per heavy atom. The molecular weight excluding hydrogens is 276 g/mol. The van der Waals surface area contributed by atoms with Crippen LogP contribution in [0.2, 0.25) is 0 Å². The minimum absolute atomic E-state index is 0.189. The number of amides is 1. The maximum absolute atomic E-state index is 12.2. The first-order valence-corrected chi connectivity index (χ1v) is 8.91. The van der Waals surface area contributed by atoms with E-state index in [2.05, 4.69) is 22.5 Å². The van der Waals surface area contributed by atoms with E-state index < -0.39 is 0 Å². The number of rotatable bonds is 5. The molecule has 5 nitrogen and oxygen atoms in total. The summed E-state index contributed by atoms with van der Waals surface area (Å²) >= 11 is 0. The third-order valence-corrected chi connectivity index (χ3v) is 5.38. The van der Waals surface area contributed by atoms with Crippen LogP contribution < -0.4 is 10.6 Å². The van der Waals surface area contributed by atoms with Crippen molar-refractivity contribution in [1.29, 1.82) is 0 Å². The van der Waals surface area contributed by atoms with Gasteiger partial charge in [-0.15, -0.1) is 0 Å². The molecule has 0 aromatic heterocycles. The molecule has 1 amide bonds. The number of piperidine rings is 1. The zero-order chi connectivity index (χ0) is 15.8. The fourth-order valence-corrected chi connectivity index (χ4v) is 3.69.